The van der Waals surface area contributed by atoms with Gasteiger partial charge in [-0.25, -0.2) is 0 Å². The lowest BCUT2D eigenvalue weighted by Crippen LogP contribution is -2.56. The molecule has 5 rings (SSSR count). The van der Waals surface area contributed by atoms with Gasteiger partial charge in [-0.2, -0.15) is 0 Å². The lowest BCUT2D eigenvalue weighted by molar-refractivity contribution is -0.131. The van der Waals surface area contributed by atoms with E-state index in [1.807, 2.05) is 6.08 Å². The third kappa shape index (κ3) is 1.38. The van der Waals surface area contributed by atoms with Crippen molar-refractivity contribution >= 4 is 11.6 Å². The van der Waals surface area contributed by atoms with Crippen LogP contribution in [0.1, 0.15) is 46.5 Å². The molecule has 0 aromatic rings. The van der Waals surface area contributed by atoms with Crippen LogP contribution < -0.4 is 0 Å². The summed E-state index contributed by atoms with van der Waals surface area (Å²) in [5, 5.41) is 0. The summed E-state index contributed by atoms with van der Waals surface area (Å²) in [7, 11) is 0. The minimum Gasteiger partial charge on any atom is -0.364 e. The van der Waals surface area contributed by atoms with Crippen molar-refractivity contribution in [2.75, 3.05) is 0 Å². The van der Waals surface area contributed by atoms with Gasteiger partial charge in [-0.1, -0.05) is 25.5 Å². The zero-order chi connectivity index (χ0) is 16.2. The fourth-order valence-corrected chi connectivity index (χ4v) is 6.77. The molecule has 23 heavy (non-hydrogen) atoms. The van der Waals surface area contributed by atoms with Crippen LogP contribution in [0.3, 0.4) is 0 Å². The second-order valence-corrected chi connectivity index (χ2v) is 8.88. The van der Waals surface area contributed by atoms with Crippen LogP contribution in [0.5, 0.6) is 0 Å². The fraction of sp³-hybridized carbons (Fsp3) is 0.700. The second kappa shape index (κ2) is 3.88. The highest BCUT2D eigenvalue weighted by atomic mass is 16.6. The molecule has 0 N–H and O–H groups in total. The fourth-order valence-electron chi connectivity index (χ4n) is 6.77. The summed E-state index contributed by atoms with van der Waals surface area (Å²) in [5.74, 6) is 1.63. The SMILES string of the molecule is C[C@H]1C[C@H]2[C@@H]3CCC4=CC(=O)C=C[C@]4(C)[C@@]34O[C@H]4C[C@]2(C)C1=O. The number of fused-ring (bicyclic) bond motifs is 3. The minimum atomic E-state index is -0.194. The van der Waals surface area contributed by atoms with E-state index in [1.165, 1.54) is 5.57 Å². The quantitative estimate of drug-likeness (QED) is 0.645. The first-order valence-corrected chi connectivity index (χ1v) is 8.99. The molecular formula is C20H24O3. The number of carbonyl (C=O) groups is 2. The number of allylic oxidation sites excluding steroid dienone is 2. The van der Waals surface area contributed by atoms with Crippen LogP contribution in [0, 0.1) is 28.6 Å². The van der Waals surface area contributed by atoms with Crippen LogP contribution in [0.2, 0.25) is 0 Å². The highest BCUT2D eigenvalue weighted by molar-refractivity contribution is 6.01. The van der Waals surface area contributed by atoms with Gasteiger partial charge < -0.3 is 4.74 Å². The summed E-state index contributed by atoms with van der Waals surface area (Å²) >= 11 is 0. The van der Waals surface area contributed by atoms with E-state index in [0.29, 0.717) is 17.6 Å². The number of carbonyl (C=O) groups excluding carboxylic acids is 2. The summed E-state index contributed by atoms with van der Waals surface area (Å²) in [6.45, 7) is 6.53. The van der Waals surface area contributed by atoms with Gasteiger partial charge in [0.05, 0.1) is 6.10 Å². The molecule has 4 aliphatic carbocycles. The molecule has 1 aliphatic heterocycles. The van der Waals surface area contributed by atoms with Crippen LogP contribution in [-0.2, 0) is 14.3 Å². The Morgan fingerprint density at radius 3 is 2.78 bits per heavy atom. The number of rotatable bonds is 0. The molecule has 0 radical (unpaired) electrons. The molecule has 0 amide bonds. The van der Waals surface area contributed by atoms with Gasteiger partial charge in [0, 0.05) is 16.7 Å². The van der Waals surface area contributed by atoms with E-state index in [2.05, 4.69) is 26.8 Å². The van der Waals surface area contributed by atoms with Gasteiger partial charge in [0.1, 0.15) is 11.4 Å². The van der Waals surface area contributed by atoms with Crippen molar-refractivity contribution in [1.29, 1.82) is 0 Å². The van der Waals surface area contributed by atoms with Crippen molar-refractivity contribution in [2.45, 2.75) is 58.2 Å². The van der Waals surface area contributed by atoms with Gasteiger partial charge in [0.25, 0.3) is 0 Å². The van der Waals surface area contributed by atoms with Crippen molar-refractivity contribution in [2.24, 2.45) is 28.6 Å². The Kier molecular flexibility index (Phi) is 2.39. The molecular weight excluding hydrogens is 288 g/mol. The van der Waals surface area contributed by atoms with Crippen molar-refractivity contribution in [3.05, 3.63) is 23.8 Å². The third-order valence-corrected chi connectivity index (χ3v) is 7.94. The monoisotopic (exact) mass is 312 g/mol. The van der Waals surface area contributed by atoms with Gasteiger partial charge in [-0.3, -0.25) is 9.59 Å². The van der Waals surface area contributed by atoms with Crippen LogP contribution in [0.4, 0.5) is 0 Å². The van der Waals surface area contributed by atoms with E-state index >= 15 is 0 Å². The Morgan fingerprint density at radius 2 is 2.00 bits per heavy atom. The molecule has 0 aromatic carbocycles. The molecule has 1 spiro atoms. The van der Waals surface area contributed by atoms with Gasteiger partial charge in [-0.15, -0.1) is 0 Å². The zero-order valence-electron chi connectivity index (χ0n) is 14.1. The summed E-state index contributed by atoms with van der Waals surface area (Å²) in [6.07, 6.45) is 9.71. The highest BCUT2D eigenvalue weighted by Crippen LogP contribution is 2.74. The minimum absolute atomic E-state index is 0.106. The Hall–Kier alpha value is -1.22. The van der Waals surface area contributed by atoms with Gasteiger partial charge >= 0.3 is 0 Å². The Bertz CT molecular complexity index is 704. The van der Waals surface area contributed by atoms with E-state index in [-0.39, 0.29) is 34.2 Å². The lowest BCUT2D eigenvalue weighted by atomic mass is 9.48. The highest BCUT2D eigenvalue weighted by Gasteiger charge is 2.79. The summed E-state index contributed by atoms with van der Waals surface area (Å²) in [4.78, 5) is 24.6. The van der Waals surface area contributed by atoms with Gasteiger partial charge in [0.2, 0.25) is 0 Å². The van der Waals surface area contributed by atoms with E-state index in [0.717, 1.165) is 25.7 Å². The first kappa shape index (κ1) is 14.2. The van der Waals surface area contributed by atoms with Crippen molar-refractivity contribution in [1.82, 2.24) is 0 Å². The molecule has 4 fully saturated rings. The summed E-state index contributed by atoms with van der Waals surface area (Å²) < 4.78 is 6.41. The molecule has 5 aliphatic rings. The van der Waals surface area contributed by atoms with Crippen LogP contribution in [0.25, 0.3) is 0 Å². The number of hydrogen-bond donors (Lipinski definition) is 0. The Morgan fingerprint density at radius 1 is 1.22 bits per heavy atom. The van der Waals surface area contributed by atoms with E-state index < -0.39 is 0 Å². The second-order valence-electron chi connectivity index (χ2n) is 8.88. The number of epoxide rings is 1. The molecule has 1 heterocycles. The molecule has 3 nitrogen and oxygen atoms in total. The Labute approximate surface area is 137 Å². The molecule has 0 bridgehead atoms. The number of Topliss-reactive ketones (excluding diaryl/α,β-unsaturated/α-hetero) is 1. The van der Waals surface area contributed by atoms with Crippen molar-refractivity contribution in [3.8, 4) is 0 Å². The molecule has 1 saturated heterocycles. The molecule has 122 valence electrons. The van der Waals surface area contributed by atoms with Gasteiger partial charge in [-0.05, 0) is 56.6 Å². The molecule has 0 unspecified atom stereocenters. The maximum atomic E-state index is 12.8. The maximum Gasteiger partial charge on any atom is 0.178 e. The number of ketones is 2. The molecule has 0 aromatic heterocycles. The summed E-state index contributed by atoms with van der Waals surface area (Å²) in [6, 6.07) is 0. The van der Waals surface area contributed by atoms with Crippen LogP contribution in [0.15, 0.2) is 23.8 Å². The molecule has 7 atom stereocenters. The standard InChI is InChI=1S/C20H24O3/c1-11-8-15-14-5-4-12-9-13(21)6-7-19(12,3)20(14)16(23-20)10-18(15,2)17(11)22/h6-7,9,11,14-16H,4-5,8,10H2,1-3H3/t11-,14-,15-,16-,18-,19-,20+/m0/s1. The first-order valence-electron chi connectivity index (χ1n) is 8.99. The first-order chi connectivity index (χ1) is 10.8. The maximum absolute atomic E-state index is 12.8. The van der Waals surface area contributed by atoms with Gasteiger partial charge in [0.15, 0.2) is 5.78 Å². The molecule has 3 heteroatoms. The topological polar surface area (TPSA) is 46.7 Å². The predicted octanol–water partition coefficient (Wildman–Crippen LogP) is 3.24. The van der Waals surface area contributed by atoms with Crippen molar-refractivity contribution < 1.29 is 14.3 Å². The number of hydrogen-bond acceptors (Lipinski definition) is 3. The van der Waals surface area contributed by atoms with E-state index in [9.17, 15) is 9.59 Å². The largest absolute Gasteiger partial charge is 0.364 e. The van der Waals surface area contributed by atoms with Crippen LogP contribution >= 0.6 is 0 Å². The third-order valence-electron chi connectivity index (χ3n) is 7.94. The van der Waals surface area contributed by atoms with Crippen LogP contribution in [-0.4, -0.2) is 23.3 Å². The smallest absolute Gasteiger partial charge is 0.178 e. The lowest BCUT2D eigenvalue weighted by Gasteiger charge is -2.53. The zero-order valence-corrected chi connectivity index (χ0v) is 14.1. The average Bonchev–Trinajstić information content (AvgIpc) is 3.17. The van der Waals surface area contributed by atoms with E-state index in [1.54, 1.807) is 6.08 Å². The van der Waals surface area contributed by atoms with Crippen molar-refractivity contribution in [3.63, 3.8) is 0 Å². The predicted molar refractivity (Wildman–Crippen MR) is 85.7 cm³/mol. The van der Waals surface area contributed by atoms with E-state index in [4.69, 9.17) is 4.74 Å². The molecule has 3 saturated carbocycles. The average molecular weight is 312 g/mol. The summed E-state index contributed by atoms with van der Waals surface area (Å²) in [5.41, 5.74) is 0.721. The Balaban J connectivity index is 1.62. The number of ether oxygens (including phenoxy) is 1. The normalized spacial score (nSPS) is 56.4.